The zero-order chi connectivity index (χ0) is 12.3. The second-order valence-electron chi connectivity index (χ2n) is 3.81. The zero-order valence-electron chi connectivity index (χ0n) is 10.2. The summed E-state index contributed by atoms with van der Waals surface area (Å²) in [4.78, 5) is 1.30. The molecule has 0 fully saturated rings. The molecule has 0 aliphatic heterocycles. The lowest BCUT2D eigenvalue weighted by Crippen LogP contribution is -2.03. The van der Waals surface area contributed by atoms with E-state index >= 15 is 0 Å². The van der Waals surface area contributed by atoms with Gasteiger partial charge in [-0.25, -0.2) is 0 Å². The number of nitrogens with two attached hydrogens (primary N) is 1. The van der Waals surface area contributed by atoms with E-state index in [1.165, 1.54) is 4.90 Å². The molecule has 3 nitrogen and oxygen atoms in total. The van der Waals surface area contributed by atoms with Gasteiger partial charge >= 0.3 is 0 Å². The molecule has 0 atom stereocenters. The van der Waals surface area contributed by atoms with Crippen LogP contribution in [0.25, 0.3) is 11.3 Å². The molecule has 90 valence electrons. The normalized spacial score (nSPS) is 10.8. The number of benzene rings is 1. The van der Waals surface area contributed by atoms with E-state index < -0.39 is 0 Å². The van der Waals surface area contributed by atoms with Gasteiger partial charge in [-0.05, 0) is 24.0 Å². The molecular weight excluding hydrogens is 230 g/mol. The lowest BCUT2D eigenvalue weighted by Gasteiger charge is -2.00. The summed E-state index contributed by atoms with van der Waals surface area (Å²) in [5, 5.41) is 4.46. The third-order valence-corrected chi connectivity index (χ3v) is 3.54. The number of nitrogens with zero attached hydrogens (tertiary/aromatic N) is 2. The van der Waals surface area contributed by atoms with Gasteiger partial charge in [0.25, 0.3) is 0 Å². The van der Waals surface area contributed by atoms with Crippen molar-refractivity contribution >= 4 is 11.8 Å². The van der Waals surface area contributed by atoms with Crippen molar-refractivity contribution in [2.75, 3.05) is 5.75 Å². The first-order chi connectivity index (χ1) is 8.24. The largest absolute Gasteiger partial charge is 0.325 e. The summed E-state index contributed by atoms with van der Waals surface area (Å²) in [6.45, 7) is 2.68. The van der Waals surface area contributed by atoms with E-state index in [4.69, 9.17) is 5.73 Å². The molecule has 0 bridgehead atoms. The Morgan fingerprint density at radius 2 is 2.00 bits per heavy atom. The third kappa shape index (κ3) is 2.70. The third-order valence-electron chi connectivity index (χ3n) is 2.65. The molecule has 0 saturated carbocycles. The van der Waals surface area contributed by atoms with Crippen molar-refractivity contribution in [2.45, 2.75) is 18.4 Å². The predicted molar refractivity (Wildman–Crippen MR) is 72.9 cm³/mol. The van der Waals surface area contributed by atoms with Crippen molar-refractivity contribution in [3.63, 3.8) is 0 Å². The van der Waals surface area contributed by atoms with Crippen molar-refractivity contribution in [3.05, 3.63) is 36.0 Å². The van der Waals surface area contributed by atoms with Gasteiger partial charge in [-0.1, -0.05) is 19.1 Å². The number of hydrogen-bond donors (Lipinski definition) is 1. The molecule has 0 amide bonds. The fourth-order valence-electron chi connectivity index (χ4n) is 1.73. The van der Waals surface area contributed by atoms with Crippen LogP contribution in [0.1, 0.15) is 12.6 Å². The second kappa shape index (κ2) is 5.38. The van der Waals surface area contributed by atoms with Crippen LogP contribution in [0.2, 0.25) is 0 Å². The number of aryl methyl sites for hydroxylation is 1. The van der Waals surface area contributed by atoms with E-state index in [2.05, 4.69) is 36.3 Å². The smallest absolute Gasteiger partial charge is 0.0926 e. The van der Waals surface area contributed by atoms with Gasteiger partial charge in [0.05, 0.1) is 11.4 Å². The van der Waals surface area contributed by atoms with Crippen LogP contribution in [-0.2, 0) is 13.6 Å². The van der Waals surface area contributed by atoms with E-state index in [1.54, 1.807) is 0 Å². The predicted octanol–water partition coefficient (Wildman–Crippen LogP) is 2.66. The Labute approximate surface area is 106 Å². The summed E-state index contributed by atoms with van der Waals surface area (Å²) in [7, 11) is 1.92. The average molecular weight is 247 g/mol. The minimum atomic E-state index is 0.521. The minimum Gasteiger partial charge on any atom is -0.325 e. The Kier molecular flexibility index (Phi) is 3.86. The van der Waals surface area contributed by atoms with Gasteiger partial charge in [-0.3, -0.25) is 4.68 Å². The van der Waals surface area contributed by atoms with E-state index in [9.17, 15) is 0 Å². The van der Waals surface area contributed by atoms with Crippen molar-refractivity contribution < 1.29 is 0 Å². The van der Waals surface area contributed by atoms with Gasteiger partial charge in [-0.15, -0.1) is 11.8 Å². The Hall–Kier alpha value is -1.26. The summed E-state index contributed by atoms with van der Waals surface area (Å²) in [6, 6.07) is 10.5. The summed E-state index contributed by atoms with van der Waals surface area (Å²) in [6.07, 6.45) is 0. The molecule has 0 aliphatic rings. The molecule has 0 aliphatic carbocycles. The molecule has 0 unspecified atom stereocenters. The van der Waals surface area contributed by atoms with Crippen LogP contribution in [0, 0.1) is 0 Å². The van der Waals surface area contributed by atoms with Gasteiger partial charge in [0.15, 0.2) is 0 Å². The van der Waals surface area contributed by atoms with Gasteiger partial charge in [0.2, 0.25) is 0 Å². The van der Waals surface area contributed by atoms with Crippen LogP contribution in [0.4, 0.5) is 0 Å². The van der Waals surface area contributed by atoms with E-state index in [1.807, 2.05) is 29.6 Å². The van der Waals surface area contributed by atoms with Crippen LogP contribution < -0.4 is 5.73 Å². The molecule has 1 aromatic carbocycles. The maximum atomic E-state index is 5.64. The number of hydrogen-bond acceptors (Lipinski definition) is 3. The number of thioether (sulfide) groups is 1. The fourth-order valence-corrected chi connectivity index (χ4v) is 2.39. The molecule has 0 saturated heterocycles. The van der Waals surface area contributed by atoms with Gasteiger partial charge in [0.1, 0.15) is 0 Å². The number of aromatic nitrogens is 2. The lowest BCUT2D eigenvalue weighted by molar-refractivity contribution is 0.714. The monoisotopic (exact) mass is 247 g/mol. The standard InChI is InChI=1S/C13H17N3S/c1-3-17-12-6-4-10(5-7-12)13-8-11(9-14)16(2)15-13/h4-8H,3,9,14H2,1-2H3. The Balaban J connectivity index is 2.26. The highest BCUT2D eigenvalue weighted by atomic mass is 32.2. The van der Waals surface area contributed by atoms with Crippen LogP contribution in [-0.4, -0.2) is 15.5 Å². The minimum absolute atomic E-state index is 0.521. The Morgan fingerprint density at radius 3 is 2.53 bits per heavy atom. The molecule has 1 aromatic heterocycles. The fraction of sp³-hybridized carbons (Fsp3) is 0.308. The molecule has 4 heteroatoms. The van der Waals surface area contributed by atoms with Crippen LogP contribution >= 0.6 is 11.8 Å². The first-order valence-electron chi connectivity index (χ1n) is 5.70. The topological polar surface area (TPSA) is 43.8 Å². The first kappa shape index (κ1) is 12.2. The summed E-state index contributed by atoms with van der Waals surface area (Å²) >= 11 is 1.85. The maximum Gasteiger partial charge on any atom is 0.0926 e. The van der Waals surface area contributed by atoms with Crippen molar-refractivity contribution in [1.82, 2.24) is 9.78 Å². The summed E-state index contributed by atoms with van der Waals surface area (Å²) < 4.78 is 1.84. The van der Waals surface area contributed by atoms with Crippen LogP contribution in [0.5, 0.6) is 0 Å². The van der Waals surface area contributed by atoms with Gasteiger partial charge < -0.3 is 5.73 Å². The van der Waals surface area contributed by atoms with E-state index in [0.717, 1.165) is 22.7 Å². The molecule has 2 N–H and O–H groups in total. The molecular formula is C13H17N3S. The average Bonchev–Trinajstić information content (AvgIpc) is 2.72. The highest BCUT2D eigenvalue weighted by molar-refractivity contribution is 7.99. The Bertz CT molecular complexity index is 488. The zero-order valence-corrected chi connectivity index (χ0v) is 11.0. The van der Waals surface area contributed by atoms with Crippen LogP contribution in [0.15, 0.2) is 35.2 Å². The second-order valence-corrected chi connectivity index (χ2v) is 5.14. The molecule has 2 aromatic rings. The van der Waals surface area contributed by atoms with Gasteiger partial charge in [0, 0.05) is 24.1 Å². The van der Waals surface area contributed by atoms with E-state index in [-0.39, 0.29) is 0 Å². The molecule has 0 spiro atoms. The SMILES string of the molecule is CCSc1ccc(-c2cc(CN)n(C)n2)cc1. The number of rotatable bonds is 4. The van der Waals surface area contributed by atoms with Crippen molar-refractivity contribution in [1.29, 1.82) is 0 Å². The molecule has 2 rings (SSSR count). The van der Waals surface area contributed by atoms with Crippen molar-refractivity contribution in [3.8, 4) is 11.3 Å². The molecule has 0 radical (unpaired) electrons. The first-order valence-corrected chi connectivity index (χ1v) is 6.69. The molecule has 1 heterocycles. The Morgan fingerprint density at radius 1 is 1.29 bits per heavy atom. The van der Waals surface area contributed by atoms with Gasteiger partial charge in [-0.2, -0.15) is 5.10 Å². The quantitative estimate of drug-likeness (QED) is 0.845. The highest BCUT2D eigenvalue weighted by Gasteiger charge is 2.05. The summed E-state index contributed by atoms with van der Waals surface area (Å²) in [5.41, 5.74) is 8.82. The lowest BCUT2D eigenvalue weighted by atomic mass is 10.1. The molecule has 17 heavy (non-hydrogen) atoms. The highest BCUT2D eigenvalue weighted by Crippen LogP contribution is 2.23. The van der Waals surface area contributed by atoms with Crippen LogP contribution in [0.3, 0.4) is 0 Å². The van der Waals surface area contributed by atoms with E-state index in [0.29, 0.717) is 6.54 Å². The summed E-state index contributed by atoms with van der Waals surface area (Å²) in [5.74, 6) is 1.10. The maximum absolute atomic E-state index is 5.64. The van der Waals surface area contributed by atoms with Crippen molar-refractivity contribution in [2.24, 2.45) is 12.8 Å².